The van der Waals surface area contributed by atoms with E-state index in [1.807, 2.05) is 0 Å². The van der Waals surface area contributed by atoms with Gasteiger partial charge in [0.15, 0.2) is 0 Å². The van der Waals surface area contributed by atoms with Crippen LogP contribution >= 0.6 is 11.6 Å². The number of rotatable bonds is 5. The summed E-state index contributed by atoms with van der Waals surface area (Å²) in [6, 6.07) is 3.51. The topological polar surface area (TPSA) is 110 Å². The van der Waals surface area contributed by atoms with Gasteiger partial charge in [-0.1, -0.05) is 11.6 Å². The molecule has 1 aliphatic rings. The molecule has 1 aliphatic carbocycles. The van der Waals surface area contributed by atoms with Crippen LogP contribution in [0.15, 0.2) is 16.9 Å². The number of carboxylic acid groups (broad SMARTS) is 1. The zero-order valence-corrected chi connectivity index (χ0v) is 16.0. The Morgan fingerprint density at radius 2 is 2.07 bits per heavy atom. The number of imidazole rings is 1. The first-order valence-corrected chi connectivity index (χ1v) is 9.39. The molecular formula is C19H19ClN4O4. The van der Waals surface area contributed by atoms with Crippen LogP contribution < -0.4 is 10.3 Å². The van der Waals surface area contributed by atoms with E-state index in [0.29, 0.717) is 46.2 Å². The molecule has 146 valence electrons. The van der Waals surface area contributed by atoms with Gasteiger partial charge in [0.2, 0.25) is 0 Å². The lowest BCUT2D eigenvalue weighted by Crippen LogP contribution is -2.33. The van der Waals surface area contributed by atoms with E-state index in [9.17, 15) is 9.59 Å². The number of benzene rings is 1. The zero-order valence-electron chi connectivity index (χ0n) is 15.3. The average Bonchev–Trinajstić information content (AvgIpc) is 3.05. The Morgan fingerprint density at radius 1 is 1.32 bits per heavy atom. The Kier molecular flexibility index (Phi) is 4.80. The lowest BCUT2D eigenvalue weighted by atomic mass is 9.91. The number of carboxylic acids is 1. The van der Waals surface area contributed by atoms with Crippen LogP contribution in [-0.4, -0.2) is 37.9 Å². The third kappa shape index (κ3) is 3.35. The van der Waals surface area contributed by atoms with Crippen molar-refractivity contribution in [3.05, 3.63) is 50.2 Å². The second-order valence-corrected chi connectivity index (χ2v) is 7.24. The van der Waals surface area contributed by atoms with E-state index in [4.69, 9.17) is 21.4 Å². The summed E-state index contributed by atoms with van der Waals surface area (Å²) in [6.07, 6.45) is 3.69. The number of nitrogens with one attached hydrogen (secondary N) is 1. The number of hydrogen-bond acceptors (Lipinski definition) is 5. The van der Waals surface area contributed by atoms with Gasteiger partial charge in [-0.2, -0.15) is 5.10 Å². The molecule has 0 amide bonds. The van der Waals surface area contributed by atoms with Crippen LogP contribution in [0, 0.1) is 0 Å². The van der Waals surface area contributed by atoms with E-state index in [1.54, 1.807) is 19.2 Å². The van der Waals surface area contributed by atoms with E-state index in [0.717, 1.165) is 35.0 Å². The number of halogens is 1. The maximum Gasteiger partial charge on any atom is 0.325 e. The lowest BCUT2D eigenvalue weighted by molar-refractivity contribution is -0.138. The summed E-state index contributed by atoms with van der Waals surface area (Å²) in [7, 11) is 1.55. The number of H-pyrrole nitrogens is 1. The van der Waals surface area contributed by atoms with Gasteiger partial charge in [0.1, 0.15) is 18.1 Å². The van der Waals surface area contributed by atoms with Gasteiger partial charge in [-0.25, -0.2) is 9.67 Å². The Bertz CT molecular complexity index is 1140. The van der Waals surface area contributed by atoms with Gasteiger partial charge in [-0.3, -0.25) is 9.59 Å². The molecule has 1 aromatic carbocycles. The minimum absolute atomic E-state index is 0.304. The summed E-state index contributed by atoms with van der Waals surface area (Å²) in [4.78, 5) is 31.5. The van der Waals surface area contributed by atoms with Gasteiger partial charge in [-0.15, -0.1) is 0 Å². The van der Waals surface area contributed by atoms with Crippen LogP contribution in [0.25, 0.3) is 11.0 Å². The molecule has 0 fully saturated rings. The largest absolute Gasteiger partial charge is 0.495 e. The Morgan fingerprint density at radius 3 is 2.79 bits per heavy atom. The van der Waals surface area contributed by atoms with Crippen molar-refractivity contribution in [3.63, 3.8) is 0 Å². The molecular weight excluding hydrogens is 384 g/mol. The fraction of sp³-hybridized carbons (Fsp3) is 0.368. The van der Waals surface area contributed by atoms with Crippen LogP contribution in [0.5, 0.6) is 5.75 Å². The second-order valence-electron chi connectivity index (χ2n) is 6.83. The monoisotopic (exact) mass is 402 g/mol. The summed E-state index contributed by atoms with van der Waals surface area (Å²) >= 11 is 6.17. The van der Waals surface area contributed by atoms with Gasteiger partial charge >= 0.3 is 5.97 Å². The fourth-order valence-corrected chi connectivity index (χ4v) is 3.94. The van der Waals surface area contributed by atoms with E-state index in [1.165, 1.54) is 0 Å². The Hall–Kier alpha value is -2.87. The molecule has 2 N–H and O–H groups in total. The van der Waals surface area contributed by atoms with Gasteiger partial charge in [0.25, 0.3) is 5.56 Å². The molecule has 0 saturated heterocycles. The van der Waals surface area contributed by atoms with Crippen LogP contribution in [0.2, 0.25) is 5.02 Å². The second kappa shape index (κ2) is 7.27. The molecule has 0 spiro atoms. The van der Waals surface area contributed by atoms with Gasteiger partial charge in [0.05, 0.1) is 35.3 Å². The summed E-state index contributed by atoms with van der Waals surface area (Å²) in [6.45, 7) is -0.452. The number of aromatic amines is 1. The zero-order chi connectivity index (χ0) is 19.8. The van der Waals surface area contributed by atoms with Crippen LogP contribution in [0.4, 0.5) is 0 Å². The van der Waals surface area contributed by atoms with Crippen molar-refractivity contribution >= 4 is 28.6 Å². The molecule has 3 aromatic rings. The predicted molar refractivity (Wildman–Crippen MR) is 103 cm³/mol. The van der Waals surface area contributed by atoms with Crippen molar-refractivity contribution in [3.8, 4) is 5.75 Å². The molecule has 2 aromatic heterocycles. The third-order valence-electron chi connectivity index (χ3n) is 4.97. The number of aromatic nitrogens is 4. The van der Waals surface area contributed by atoms with Crippen molar-refractivity contribution in [2.45, 2.75) is 38.6 Å². The number of fused-ring (bicyclic) bond motifs is 2. The molecule has 0 radical (unpaired) electrons. The quantitative estimate of drug-likeness (QED) is 0.677. The van der Waals surface area contributed by atoms with E-state index in [2.05, 4.69) is 15.1 Å². The highest BCUT2D eigenvalue weighted by Crippen LogP contribution is 2.29. The normalized spacial score (nSPS) is 13.5. The number of methoxy groups -OCH3 is 1. The van der Waals surface area contributed by atoms with Crippen molar-refractivity contribution in [1.29, 1.82) is 0 Å². The SMILES string of the molecule is COc1cc2[nH]c(Cc3nn(CC(=O)O)c(=O)c4c3CCCC4)nc2cc1Cl. The summed E-state index contributed by atoms with van der Waals surface area (Å²) < 4.78 is 6.28. The minimum atomic E-state index is -1.10. The number of carbonyl (C=O) groups is 1. The summed E-state index contributed by atoms with van der Waals surface area (Å²) in [5.41, 5.74) is 3.47. The van der Waals surface area contributed by atoms with Crippen molar-refractivity contribution in [2.75, 3.05) is 7.11 Å². The number of ether oxygens (including phenoxy) is 1. The van der Waals surface area contributed by atoms with Crippen molar-refractivity contribution < 1.29 is 14.6 Å². The predicted octanol–water partition coefficient (Wildman–Crippen LogP) is 2.34. The van der Waals surface area contributed by atoms with E-state index < -0.39 is 12.5 Å². The minimum Gasteiger partial charge on any atom is -0.495 e. The number of nitrogens with zero attached hydrogens (tertiary/aromatic N) is 3. The van der Waals surface area contributed by atoms with Gasteiger partial charge < -0.3 is 14.8 Å². The summed E-state index contributed by atoms with van der Waals surface area (Å²) in [5, 5.41) is 13.9. The third-order valence-corrected chi connectivity index (χ3v) is 5.27. The molecule has 8 nitrogen and oxygen atoms in total. The van der Waals surface area contributed by atoms with E-state index >= 15 is 0 Å². The standard InChI is InChI=1S/C19H19ClN4O4/c1-28-16-7-15-14(6-12(16)20)21-17(22-15)8-13-10-4-2-3-5-11(10)19(27)24(23-13)9-18(25)26/h6-7H,2-5,8-9H2,1H3,(H,21,22)(H,25,26). The molecule has 28 heavy (non-hydrogen) atoms. The maximum atomic E-state index is 12.6. The number of aliphatic carboxylic acids is 1. The molecule has 0 atom stereocenters. The van der Waals surface area contributed by atoms with Crippen LogP contribution in [0.1, 0.15) is 35.5 Å². The molecule has 0 saturated carbocycles. The number of hydrogen-bond donors (Lipinski definition) is 2. The van der Waals surface area contributed by atoms with Crippen molar-refractivity contribution in [2.24, 2.45) is 0 Å². The first kappa shape index (κ1) is 18.5. The highest BCUT2D eigenvalue weighted by molar-refractivity contribution is 6.32. The highest BCUT2D eigenvalue weighted by Gasteiger charge is 2.22. The lowest BCUT2D eigenvalue weighted by Gasteiger charge is -2.19. The smallest absolute Gasteiger partial charge is 0.325 e. The van der Waals surface area contributed by atoms with Crippen LogP contribution in [-0.2, 0) is 30.6 Å². The average molecular weight is 403 g/mol. The van der Waals surface area contributed by atoms with E-state index in [-0.39, 0.29) is 5.56 Å². The fourth-order valence-electron chi connectivity index (χ4n) is 3.71. The van der Waals surface area contributed by atoms with Gasteiger partial charge in [0, 0.05) is 11.6 Å². The van der Waals surface area contributed by atoms with Crippen LogP contribution in [0.3, 0.4) is 0 Å². The Labute approximate surface area is 165 Å². The highest BCUT2D eigenvalue weighted by atomic mass is 35.5. The molecule has 0 aliphatic heterocycles. The summed E-state index contributed by atoms with van der Waals surface area (Å²) in [5.74, 6) is 0.122. The first-order valence-electron chi connectivity index (χ1n) is 9.02. The van der Waals surface area contributed by atoms with Gasteiger partial charge in [-0.05, 0) is 37.3 Å². The molecule has 4 rings (SSSR count). The molecule has 2 heterocycles. The Balaban J connectivity index is 1.77. The molecule has 0 unspecified atom stereocenters. The van der Waals surface area contributed by atoms with Crippen molar-refractivity contribution in [1.82, 2.24) is 19.7 Å². The maximum absolute atomic E-state index is 12.6. The first-order chi connectivity index (χ1) is 13.5. The molecule has 0 bridgehead atoms. The molecule has 9 heteroatoms.